The molecule has 3 heteroatoms. The van der Waals surface area contributed by atoms with Crippen LogP contribution in [-0.4, -0.2) is 6.04 Å². The van der Waals surface area contributed by atoms with Crippen molar-refractivity contribution < 1.29 is 0 Å². The Morgan fingerprint density at radius 1 is 1.31 bits per heavy atom. The van der Waals surface area contributed by atoms with Crippen LogP contribution in [0.25, 0.3) is 0 Å². The van der Waals surface area contributed by atoms with Gasteiger partial charge in [0.05, 0.1) is 0 Å². The summed E-state index contributed by atoms with van der Waals surface area (Å²) in [5.41, 5.74) is 7.41. The average Bonchev–Trinajstić information content (AvgIpc) is 2.22. The molecule has 1 aromatic rings. The Morgan fingerprint density at radius 2 is 1.94 bits per heavy atom. The number of benzene rings is 1. The Bertz CT molecular complexity index is 361. The fraction of sp³-hybridized carbons (Fsp3) is 0.538. The van der Waals surface area contributed by atoms with Crippen LogP contribution in [0.5, 0.6) is 0 Å². The first-order valence-electron chi connectivity index (χ1n) is 5.56. The second-order valence-corrected chi connectivity index (χ2v) is 5.73. The maximum atomic E-state index is 6.21. The van der Waals surface area contributed by atoms with E-state index in [9.17, 15) is 0 Å². The van der Waals surface area contributed by atoms with Crippen LogP contribution in [0.2, 0.25) is 10.0 Å². The Labute approximate surface area is 108 Å². The highest BCUT2D eigenvalue weighted by Crippen LogP contribution is 2.28. The predicted molar refractivity (Wildman–Crippen MR) is 72.2 cm³/mol. The molecule has 0 amide bonds. The summed E-state index contributed by atoms with van der Waals surface area (Å²) in [4.78, 5) is 0. The Balaban J connectivity index is 2.81. The van der Waals surface area contributed by atoms with Gasteiger partial charge in [-0.3, -0.25) is 0 Å². The highest BCUT2D eigenvalue weighted by Gasteiger charge is 2.24. The minimum Gasteiger partial charge on any atom is -0.327 e. The molecule has 0 aliphatic heterocycles. The zero-order valence-electron chi connectivity index (χ0n) is 10.1. The van der Waals surface area contributed by atoms with Gasteiger partial charge in [-0.2, -0.15) is 0 Å². The normalized spacial score (nSPS) is 13.9. The summed E-state index contributed by atoms with van der Waals surface area (Å²) in [6, 6.07) is 5.69. The molecule has 0 radical (unpaired) electrons. The van der Waals surface area contributed by atoms with Crippen molar-refractivity contribution in [2.75, 3.05) is 0 Å². The molecule has 1 rings (SSSR count). The third kappa shape index (κ3) is 3.38. The fourth-order valence-electron chi connectivity index (χ4n) is 1.46. The van der Waals surface area contributed by atoms with Gasteiger partial charge in [0, 0.05) is 16.1 Å². The van der Waals surface area contributed by atoms with E-state index in [0.29, 0.717) is 10.0 Å². The van der Waals surface area contributed by atoms with Crippen molar-refractivity contribution in [1.29, 1.82) is 0 Å². The van der Waals surface area contributed by atoms with Gasteiger partial charge in [-0.15, -0.1) is 0 Å². The molecule has 0 spiro atoms. The highest BCUT2D eigenvalue weighted by atomic mass is 35.5. The molecule has 0 aliphatic rings. The summed E-state index contributed by atoms with van der Waals surface area (Å²) in [6.45, 7) is 6.52. The lowest BCUT2D eigenvalue weighted by Gasteiger charge is -2.30. The third-order valence-electron chi connectivity index (χ3n) is 3.37. The maximum absolute atomic E-state index is 6.21. The predicted octanol–water partition coefficient (Wildman–Crippen LogP) is 4.30. The minimum atomic E-state index is 0.108. The van der Waals surface area contributed by atoms with Crippen LogP contribution in [-0.2, 0) is 6.42 Å². The molecule has 0 fully saturated rings. The lowest BCUT2D eigenvalue weighted by Crippen LogP contribution is -2.38. The monoisotopic (exact) mass is 259 g/mol. The smallest absolute Gasteiger partial charge is 0.0453 e. The van der Waals surface area contributed by atoms with E-state index in [1.807, 2.05) is 12.1 Å². The summed E-state index contributed by atoms with van der Waals surface area (Å²) in [5.74, 6) is 0. The number of hydrogen-bond donors (Lipinski definition) is 1. The zero-order chi connectivity index (χ0) is 12.3. The number of halogens is 2. The van der Waals surface area contributed by atoms with Crippen molar-refractivity contribution in [2.24, 2.45) is 11.1 Å². The largest absolute Gasteiger partial charge is 0.327 e. The second kappa shape index (κ2) is 5.39. The molecule has 0 aliphatic carbocycles. The van der Waals surface area contributed by atoms with E-state index in [-0.39, 0.29) is 11.5 Å². The first-order chi connectivity index (χ1) is 7.36. The van der Waals surface area contributed by atoms with Gasteiger partial charge in [0.25, 0.3) is 0 Å². The van der Waals surface area contributed by atoms with Crippen LogP contribution in [0.3, 0.4) is 0 Å². The lowest BCUT2D eigenvalue weighted by atomic mass is 9.79. The molecular formula is C13H19Cl2N. The van der Waals surface area contributed by atoms with E-state index in [4.69, 9.17) is 28.9 Å². The molecule has 0 aromatic heterocycles. The van der Waals surface area contributed by atoms with E-state index < -0.39 is 0 Å². The van der Waals surface area contributed by atoms with Crippen LogP contribution in [0, 0.1) is 5.41 Å². The molecule has 0 saturated heterocycles. The summed E-state index contributed by atoms with van der Waals surface area (Å²) >= 11 is 12.0. The van der Waals surface area contributed by atoms with Gasteiger partial charge >= 0.3 is 0 Å². The van der Waals surface area contributed by atoms with Gasteiger partial charge in [-0.05, 0) is 36.0 Å². The molecule has 2 N–H and O–H groups in total. The highest BCUT2D eigenvalue weighted by molar-refractivity contribution is 6.35. The van der Waals surface area contributed by atoms with Crippen LogP contribution in [0.1, 0.15) is 32.8 Å². The molecule has 90 valence electrons. The zero-order valence-corrected chi connectivity index (χ0v) is 11.6. The Hall–Kier alpha value is -0.240. The van der Waals surface area contributed by atoms with E-state index in [0.717, 1.165) is 18.4 Å². The summed E-state index contributed by atoms with van der Waals surface area (Å²) in [7, 11) is 0. The van der Waals surface area contributed by atoms with Crippen molar-refractivity contribution in [2.45, 2.75) is 39.7 Å². The Morgan fingerprint density at radius 3 is 2.44 bits per heavy atom. The average molecular weight is 260 g/mol. The summed E-state index contributed by atoms with van der Waals surface area (Å²) in [5, 5.41) is 1.37. The fourth-order valence-corrected chi connectivity index (χ4v) is 1.95. The molecule has 1 aromatic carbocycles. The van der Waals surface area contributed by atoms with Gasteiger partial charge in [0.1, 0.15) is 0 Å². The second-order valence-electron chi connectivity index (χ2n) is 4.89. The quantitative estimate of drug-likeness (QED) is 0.858. The maximum Gasteiger partial charge on any atom is 0.0453 e. The minimum absolute atomic E-state index is 0.108. The van der Waals surface area contributed by atoms with Crippen molar-refractivity contribution in [3.8, 4) is 0 Å². The molecule has 0 saturated carbocycles. The Kier molecular flexibility index (Phi) is 4.66. The van der Waals surface area contributed by atoms with Crippen LogP contribution >= 0.6 is 23.2 Å². The van der Waals surface area contributed by atoms with E-state index in [2.05, 4.69) is 20.8 Å². The van der Waals surface area contributed by atoms with E-state index in [1.54, 1.807) is 6.07 Å². The first-order valence-corrected chi connectivity index (χ1v) is 6.32. The molecule has 1 atom stereocenters. The summed E-state index contributed by atoms with van der Waals surface area (Å²) in [6.07, 6.45) is 1.84. The van der Waals surface area contributed by atoms with Gasteiger partial charge in [0.15, 0.2) is 0 Å². The van der Waals surface area contributed by atoms with Gasteiger partial charge in [0.2, 0.25) is 0 Å². The number of nitrogens with two attached hydrogens (primary N) is 1. The topological polar surface area (TPSA) is 26.0 Å². The SMILES string of the molecule is CCC(C)(C)C(N)Cc1ccc(Cl)cc1Cl. The lowest BCUT2D eigenvalue weighted by molar-refractivity contribution is 0.273. The van der Waals surface area contributed by atoms with E-state index >= 15 is 0 Å². The van der Waals surface area contributed by atoms with Crippen molar-refractivity contribution in [3.63, 3.8) is 0 Å². The molecule has 0 heterocycles. The van der Waals surface area contributed by atoms with Gasteiger partial charge < -0.3 is 5.73 Å². The number of rotatable bonds is 4. The van der Waals surface area contributed by atoms with Crippen molar-refractivity contribution in [3.05, 3.63) is 33.8 Å². The molecule has 16 heavy (non-hydrogen) atoms. The first kappa shape index (κ1) is 13.8. The summed E-state index contributed by atoms with van der Waals surface area (Å²) < 4.78 is 0. The van der Waals surface area contributed by atoms with Gasteiger partial charge in [-0.25, -0.2) is 0 Å². The van der Waals surface area contributed by atoms with Crippen LogP contribution in [0.15, 0.2) is 18.2 Å². The van der Waals surface area contributed by atoms with Gasteiger partial charge in [-0.1, -0.05) is 50.0 Å². The van der Waals surface area contributed by atoms with Crippen molar-refractivity contribution >= 4 is 23.2 Å². The van der Waals surface area contributed by atoms with E-state index in [1.165, 1.54) is 0 Å². The number of hydrogen-bond acceptors (Lipinski definition) is 1. The van der Waals surface area contributed by atoms with Crippen LogP contribution < -0.4 is 5.73 Å². The van der Waals surface area contributed by atoms with Crippen LogP contribution in [0.4, 0.5) is 0 Å². The molecule has 1 unspecified atom stereocenters. The molecular weight excluding hydrogens is 241 g/mol. The molecule has 0 bridgehead atoms. The third-order valence-corrected chi connectivity index (χ3v) is 3.96. The van der Waals surface area contributed by atoms with Crippen molar-refractivity contribution in [1.82, 2.24) is 0 Å². The molecule has 1 nitrogen and oxygen atoms in total. The standard InChI is InChI=1S/C13H19Cl2N/c1-4-13(2,3)12(16)7-9-5-6-10(14)8-11(9)15/h5-6,8,12H,4,7,16H2,1-3H3.